The van der Waals surface area contributed by atoms with Gasteiger partial charge in [-0.25, -0.2) is 4.79 Å². The number of esters is 1. The van der Waals surface area contributed by atoms with Gasteiger partial charge in [0.2, 0.25) is 5.79 Å². The van der Waals surface area contributed by atoms with Gasteiger partial charge in [0.15, 0.2) is 16.6 Å². The molecule has 0 radical (unpaired) electrons. The van der Waals surface area contributed by atoms with Gasteiger partial charge >= 0.3 is 5.97 Å². The van der Waals surface area contributed by atoms with Gasteiger partial charge in [-0.15, -0.1) is 0 Å². The van der Waals surface area contributed by atoms with Gasteiger partial charge in [-0.1, -0.05) is 87.0 Å². The number of ketones is 2. The number of cyclic esters (lactones) is 1. The molecular weight excluding hydrogens is 911 g/mol. The molecule has 0 aromatic carbocycles. The molecule has 4 aliphatic rings. The van der Waals surface area contributed by atoms with Crippen LogP contribution in [0.1, 0.15) is 147 Å². The summed E-state index contributed by atoms with van der Waals surface area (Å²) >= 11 is 0. The topological polar surface area (TPSA) is 156 Å². The number of piperidine rings is 1. The van der Waals surface area contributed by atoms with Gasteiger partial charge in [-0.3, -0.25) is 14.4 Å². The van der Waals surface area contributed by atoms with Gasteiger partial charge in [0.1, 0.15) is 24.0 Å². The van der Waals surface area contributed by atoms with Crippen molar-refractivity contribution < 1.29 is 56.8 Å². The number of hydrogen-bond acceptors (Lipinski definition) is 12. The highest BCUT2D eigenvalue weighted by Crippen LogP contribution is 2.44. The SMILES string of the molecule is COC1CC(C=C(C)C2OC(=O)C3CCCCN3C(=O)C(=O)C3(O)OC(C(OC)CC(C)C/C(C)=C/C(C)C(=O)CC(O[Si](C)(C)C(C)(C)C)C2C)C(OC)CC3C)CCC1O[Si](C)(C)C(C)(C)C. The fourth-order valence-corrected chi connectivity index (χ4v) is 13.3. The molecule has 4 rings (SSSR count). The minimum absolute atomic E-state index is 0.0300. The number of methoxy groups -OCH3 is 3. The molecule has 396 valence electrons. The highest BCUT2D eigenvalue weighted by atomic mass is 28.4. The summed E-state index contributed by atoms with van der Waals surface area (Å²) in [5, 5.41) is 12.1. The van der Waals surface area contributed by atoms with E-state index in [2.05, 4.69) is 80.7 Å². The third-order valence-corrected chi connectivity index (χ3v) is 26.1. The molecule has 0 aromatic rings. The fourth-order valence-electron chi connectivity index (χ4n) is 10.5. The first kappa shape index (κ1) is 59.5. The molecule has 0 spiro atoms. The zero-order valence-corrected chi connectivity index (χ0v) is 48.3. The average Bonchev–Trinajstić information content (AvgIpc) is 3.26. The normalized spacial score (nSPS) is 37.0. The van der Waals surface area contributed by atoms with Crippen LogP contribution in [0.5, 0.6) is 0 Å². The summed E-state index contributed by atoms with van der Waals surface area (Å²) in [6, 6.07) is -1.10. The monoisotopic (exact) mass is 1010 g/mol. The Balaban J connectivity index is 1.85. The van der Waals surface area contributed by atoms with Crippen LogP contribution < -0.4 is 0 Å². The first-order valence-electron chi connectivity index (χ1n) is 26.1. The van der Waals surface area contributed by atoms with E-state index < -0.39 is 94.4 Å². The Labute approximate surface area is 419 Å². The van der Waals surface area contributed by atoms with E-state index in [0.29, 0.717) is 25.7 Å². The van der Waals surface area contributed by atoms with Gasteiger partial charge in [0.05, 0.1) is 30.5 Å². The molecule has 69 heavy (non-hydrogen) atoms. The summed E-state index contributed by atoms with van der Waals surface area (Å²) in [7, 11) is 0.262. The summed E-state index contributed by atoms with van der Waals surface area (Å²) < 4.78 is 45.3. The number of aliphatic hydroxyl groups is 1. The second-order valence-corrected chi connectivity index (χ2v) is 34.1. The number of ether oxygens (including phenoxy) is 5. The maximum absolute atomic E-state index is 15.0. The zero-order valence-electron chi connectivity index (χ0n) is 46.3. The first-order chi connectivity index (χ1) is 31.8. The quantitative estimate of drug-likeness (QED) is 0.101. The predicted octanol–water partition coefficient (Wildman–Crippen LogP) is 10.1. The van der Waals surface area contributed by atoms with Crippen molar-refractivity contribution in [1.82, 2.24) is 4.90 Å². The Morgan fingerprint density at radius 1 is 0.768 bits per heavy atom. The molecular formula is C54H95NO12Si2. The molecule has 1 amide bonds. The number of fused-ring (bicyclic) bond motifs is 3. The average molecular weight is 1010 g/mol. The van der Waals surface area contributed by atoms with E-state index >= 15 is 0 Å². The Bertz CT molecular complexity index is 1840. The summed E-state index contributed by atoms with van der Waals surface area (Å²) in [5.74, 6) is -6.81. The number of hydrogen-bond donors (Lipinski definition) is 1. The molecule has 2 bridgehead atoms. The van der Waals surface area contributed by atoms with Crippen molar-refractivity contribution in [2.24, 2.45) is 29.6 Å². The standard InChI is InChI=1S/C54H95NO12Si2/c1-33-26-34(2)28-45(62-14)48-46(63-15)30-37(5)54(60,65-48)49(57)50(58)55-25-21-20-22-40(55)51(59)64-47(38(6)43(32-41(56)35(3)27-33)67-69(18,19)53(10,11)12)36(4)29-39-23-24-42(44(31-39)61-13)66-68(16,17)52(7,8)9/h27,29,34-35,37-40,42-48,60H,20-26,28,30-32H2,1-19H3/b33-27+,36-29?. The number of carbonyl (C=O) groups is 4. The van der Waals surface area contributed by atoms with Crippen molar-refractivity contribution in [2.75, 3.05) is 27.9 Å². The number of Topliss-reactive ketones (excluding diaryl/α,β-unsaturated/α-hetero) is 2. The molecule has 3 aliphatic heterocycles. The van der Waals surface area contributed by atoms with Gasteiger partial charge in [0, 0.05) is 52.0 Å². The number of rotatable bonds is 9. The lowest BCUT2D eigenvalue weighted by Crippen LogP contribution is -2.64. The molecule has 14 unspecified atom stereocenters. The van der Waals surface area contributed by atoms with E-state index in [4.69, 9.17) is 32.5 Å². The van der Waals surface area contributed by atoms with Crippen LogP contribution in [-0.2, 0) is 51.7 Å². The van der Waals surface area contributed by atoms with Crippen LogP contribution >= 0.6 is 0 Å². The van der Waals surface area contributed by atoms with Crippen molar-refractivity contribution in [3.05, 3.63) is 23.3 Å². The molecule has 3 fully saturated rings. The lowest BCUT2D eigenvalue weighted by molar-refractivity contribution is -0.302. The van der Waals surface area contributed by atoms with E-state index in [1.54, 1.807) is 28.3 Å². The smallest absolute Gasteiger partial charge is 0.329 e. The zero-order chi connectivity index (χ0) is 52.2. The van der Waals surface area contributed by atoms with Crippen LogP contribution in [0.3, 0.4) is 0 Å². The van der Waals surface area contributed by atoms with E-state index in [9.17, 15) is 24.3 Å². The van der Waals surface area contributed by atoms with E-state index in [0.717, 1.165) is 30.4 Å². The highest BCUT2D eigenvalue weighted by Gasteiger charge is 2.57. The highest BCUT2D eigenvalue weighted by molar-refractivity contribution is 6.74. The Hall–Kier alpha value is -2.09. The first-order valence-corrected chi connectivity index (χ1v) is 31.9. The van der Waals surface area contributed by atoms with E-state index in [-0.39, 0.29) is 65.7 Å². The van der Waals surface area contributed by atoms with E-state index in [1.165, 1.54) is 4.90 Å². The van der Waals surface area contributed by atoms with Gasteiger partial charge in [-0.2, -0.15) is 0 Å². The second-order valence-electron chi connectivity index (χ2n) is 24.6. The molecule has 3 heterocycles. The maximum Gasteiger partial charge on any atom is 0.329 e. The number of nitrogens with zero attached hydrogens (tertiary/aromatic N) is 1. The molecule has 15 heteroatoms. The summed E-state index contributed by atoms with van der Waals surface area (Å²) in [4.78, 5) is 59.9. The van der Waals surface area contributed by atoms with Crippen LogP contribution in [0.4, 0.5) is 0 Å². The van der Waals surface area contributed by atoms with Crippen molar-refractivity contribution in [1.29, 1.82) is 0 Å². The van der Waals surface area contributed by atoms with Crippen LogP contribution in [-0.4, -0.2) is 133 Å². The molecule has 0 aromatic heterocycles. The van der Waals surface area contributed by atoms with Gasteiger partial charge in [0.25, 0.3) is 11.7 Å². The van der Waals surface area contributed by atoms with Gasteiger partial charge < -0.3 is 42.5 Å². The minimum atomic E-state index is -2.53. The molecule has 1 aliphatic carbocycles. The molecule has 1 N–H and O–H groups in total. The maximum atomic E-state index is 15.0. The molecule has 13 nitrogen and oxygen atoms in total. The van der Waals surface area contributed by atoms with Crippen molar-refractivity contribution in [3.63, 3.8) is 0 Å². The summed E-state index contributed by atoms with van der Waals surface area (Å²) in [5.41, 5.74) is 1.86. The second kappa shape index (κ2) is 23.9. The fraction of sp³-hybridized carbons (Fsp3) is 0.852. The predicted molar refractivity (Wildman–Crippen MR) is 276 cm³/mol. The number of carbonyl (C=O) groups excluding carboxylic acids is 4. The summed E-state index contributed by atoms with van der Waals surface area (Å²) in [6.45, 7) is 34.0. The van der Waals surface area contributed by atoms with Crippen molar-refractivity contribution in [2.45, 2.75) is 238 Å². The number of amides is 1. The Morgan fingerprint density at radius 3 is 1.90 bits per heavy atom. The van der Waals surface area contributed by atoms with Crippen LogP contribution in [0.25, 0.3) is 0 Å². The van der Waals surface area contributed by atoms with Gasteiger partial charge in [-0.05, 0) is 125 Å². The Kier molecular flexibility index (Phi) is 20.6. The lowest BCUT2D eigenvalue weighted by Gasteiger charge is -2.47. The third-order valence-electron chi connectivity index (χ3n) is 17.0. The Morgan fingerprint density at radius 2 is 1.33 bits per heavy atom. The van der Waals surface area contributed by atoms with Crippen LogP contribution in [0, 0.1) is 29.6 Å². The minimum Gasteiger partial charge on any atom is -0.456 e. The van der Waals surface area contributed by atoms with Crippen LogP contribution in [0.2, 0.25) is 36.3 Å². The molecule has 1 saturated carbocycles. The van der Waals surface area contributed by atoms with Crippen molar-refractivity contribution >= 4 is 40.1 Å². The summed E-state index contributed by atoms with van der Waals surface area (Å²) in [6.07, 6.45) is 5.96. The van der Waals surface area contributed by atoms with Crippen LogP contribution in [0.15, 0.2) is 23.3 Å². The van der Waals surface area contributed by atoms with Crippen molar-refractivity contribution in [3.8, 4) is 0 Å². The molecule has 14 atom stereocenters. The largest absolute Gasteiger partial charge is 0.456 e. The molecule has 2 saturated heterocycles. The number of allylic oxidation sites excluding steroid dienone is 3. The van der Waals surface area contributed by atoms with E-state index in [1.807, 2.05) is 33.8 Å². The third kappa shape index (κ3) is 14.4. The lowest BCUT2D eigenvalue weighted by atomic mass is 9.82.